The fourth-order valence-electron chi connectivity index (χ4n) is 3.88. The number of hydrogen-bond donors (Lipinski definition) is 0. The number of nitriles is 1. The number of piperazine rings is 1. The van der Waals surface area contributed by atoms with Crippen molar-refractivity contribution in [2.24, 2.45) is 5.41 Å². The van der Waals surface area contributed by atoms with Crippen LogP contribution in [-0.4, -0.2) is 37.0 Å². The van der Waals surface area contributed by atoms with Crippen LogP contribution in [0.15, 0.2) is 18.2 Å². The predicted octanol–water partition coefficient (Wildman–Crippen LogP) is 3.04. The van der Waals surface area contributed by atoms with Gasteiger partial charge in [-0.3, -0.25) is 4.79 Å². The lowest BCUT2D eigenvalue weighted by Crippen LogP contribution is -2.52. The number of nitrogens with zero attached hydrogens (tertiary/aromatic N) is 3. The summed E-state index contributed by atoms with van der Waals surface area (Å²) in [4.78, 5) is 17.1. The average Bonchev–Trinajstić information content (AvgIpc) is 3.07. The summed E-state index contributed by atoms with van der Waals surface area (Å²) in [6.07, 6.45) is 3.47. The molecule has 1 aliphatic carbocycles. The average molecular weight is 311 g/mol. The normalized spacial score (nSPS) is 20.4. The van der Waals surface area contributed by atoms with Gasteiger partial charge in [0.2, 0.25) is 5.91 Å². The van der Waals surface area contributed by atoms with E-state index in [9.17, 15) is 10.1 Å². The molecule has 122 valence electrons. The third-order valence-electron chi connectivity index (χ3n) is 5.56. The first-order valence-electron chi connectivity index (χ1n) is 8.59. The summed E-state index contributed by atoms with van der Waals surface area (Å²) < 4.78 is 0. The van der Waals surface area contributed by atoms with Gasteiger partial charge in [0.15, 0.2) is 0 Å². The molecule has 4 nitrogen and oxygen atoms in total. The van der Waals surface area contributed by atoms with E-state index in [0.717, 1.165) is 51.9 Å². The second kappa shape index (κ2) is 6.23. The van der Waals surface area contributed by atoms with Crippen molar-refractivity contribution < 1.29 is 4.79 Å². The molecule has 0 unspecified atom stereocenters. The van der Waals surface area contributed by atoms with E-state index in [1.54, 1.807) is 0 Å². The Morgan fingerprint density at radius 2 is 1.78 bits per heavy atom. The van der Waals surface area contributed by atoms with Crippen molar-refractivity contribution in [3.8, 4) is 6.07 Å². The van der Waals surface area contributed by atoms with Gasteiger partial charge < -0.3 is 9.80 Å². The Morgan fingerprint density at radius 3 is 2.39 bits per heavy atom. The van der Waals surface area contributed by atoms with Crippen LogP contribution in [-0.2, 0) is 4.79 Å². The predicted molar refractivity (Wildman–Crippen MR) is 91.2 cm³/mol. The van der Waals surface area contributed by atoms with Crippen molar-refractivity contribution >= 4 is 11.6 Å². The maximum Gasteiger partial charge on any atom is 0.243 e. The van der Waals surface area contributed by atoms with Gasteiger partial charge in [-0.1, -0.05) is 25.0 Å². The zero-order chi connectivity index (χ0) is 16.4. The zero-order valence-corrected chi connectivity index (χ0v) is 14.1. The lowest BCUT2D eigenvalue weighted by Gasteiger charge is -2.39. The molecule has 23 heavy (non-hydrogen) atoms. The Hall–Kier alpha value is -2.02. The monoisotopic (exact) mass is 311 g/mol. The Kier molecular flexibility index (Phi) is 4.30. The van der Waals surface area contributed by atoms with Crippen LogP contribution < -0.4 is 4.90 Å². The smallest absolute Gasteiger partial charge is 0.243 e. The van der Waals surface area contributed by atoms with Gasteiger partial charge in [-0.05, 0) is 43.9 Å². The minimum absolute atomic E-state index is 0.0677. The number of carbonyl (C=O) groups is 1. The van der Waals surface area contributed by atoms with Crippen molar-refractivity contribution in [3.05, 3.63) is 29.3 Å². The van der Waals surface area contributed by atoms with Crippen LogP contribution >= 0.6 is 0 Å². The summed E-state index contributed by atoms with van der Waals surface area (Å²) in [7, 11) is 0. The summed E-state index contributed by atoms with van der Waals surface area (Å²) in [5.41, 5.74) is 3.15. The Balaban J connectivity index is 1.68. The summed E-state index contributed by atoms with van der Waals surface area (Å²) in [6.45, 7) is 7.42. The first-order chi connectivity index (χ1) is 11.1. The summed E-state index contributed by atoms with van der Waals surface area (Å²) in [5, 5.41) is 9.51. The number of anilines is 1. The molecule has 1 saturated heterocycles. The van der Waals surface area contributed by atoms with Crippen molar-refractivity contribution in [3.63, 3.8) is 0 Å². The topological polar surface area (TPSA) is 47.3 Å². The van der Waals surface area contributed by atoms with Crippen LogP contribution in [0.4, 0.5) is 5.69 Å². The highest BCUT2D eigenvalue weighted by molar-refractivity contribution is 5.86. The molecule has 1 aromatic carbocycles. The van der Waals surface area contributed by atoms with Crippen LogP contribution in [0.2, 0.25) is 0 Å². The van der Waals surface area contributed by atoms with E-state index in [2.05, 4.69) is 43.0 Å². The molecular weight excluding hydrogens is 286 g/mol. The highest BCUT2D eigenvalue weighted by Crippen LogP contribution is 2.39. The van der Waals surface area contributed by atoms with E-state index in [1.165, 1.54) is 16.8 Å². The van der Waals surface area contributed by atoms with Crippen LogP contribution in [0, 0.1) is 30.6 Å². The molecule has 0 N–H and O–H groups in total. The largest absolute Gasteiger partial charge is 0.368 e. The molecule has 2 fully saturated rings. The van der Waals surface area contributed by atoms with Crippen LogP contribution in [0.1, 0.15) is 36.8 Å². The van der Waals surface area contributed by atoms with Gasteiger partial charge in [0.1, 0.15) is 5.41 Å². The number of benzene rings is 1. The van der Waals surface area contributed by atoms with Crippen molar-refractivity contribution in [1.82, 2.24) is 4.90 Å². The van der Waals surface area contributed by atoms with Crippen LogP contribution in [0.3, 0.4) is 0 Å². The Labute approximate surface area is 138 Å². The number of aryl methyl sites for hydroxylation is 1. The van der Waals surface area contributed by atoms with Gasteiger partial charge in [-0.15, -0.1) is 0 Å². The van der Waals surface area contributed by atoms with E-state index in [4.69, 9.17) is 0 Å². The van der Waals surface area contributed by atoms with Gasteiger partial charge in [-0.2, -0.15) is 5.26 Å². The van der Waals surface area contributed by atoms with Gasteiger partial charge >= 0.3 is 0 Å². The molecule has 0 spiro atoms. The van der Waals surface area contributed by atoms with E-state index < -0.39 is 5.41 Å². The second-order valence-electron chi connectivity index (χ2n) is 6.90. The molecule has 1 amide bonds. The summed E-state index contributed by atoms with van der Waals surface area (Å²) in [6, 6.07) is 8.72. The maximum atomic E-state index is 12.8. The summed E-state index contributed by atoms with van der Waals surface area (Å²) >= 11 is 0. The maximum absolute atomic E-state index is 12.8. The van der Waals surface area contributed by atoms with Crippen LogP contribution in [0.25, 0.3) is 0 Å². The third-order valence-corrected chi connectivity index (χ3v) is 5.56. The second-order valence-corrected chi connectivity index (χ2v) is 6.90. The van der Waals surface area contributed by atoms with Crippen molar-refractivity contribution in [2.45, 2.75) is 39.5 Å². The fourth-order valence-corrected chi connectivity index (χ4v) is 3.88. The quantitative estimate of drug-likeness (QED) is 0.843. The van der Waals surface area contributed by atoms with Gasteiger partial charge in [-0.25, -0.2) is 0 Å². The van der Waals surface area contributed by atoms with E-state index in [-0.39, 0.29) is 5.91 Å². The van der Waals surface area contributed by atoms with Gasteiger partial charge in [0.25, 0.3) is 0 Å². The first-order valence-corrected chi connectivity index (χ1v) is 8.59. The minimum Gasteiger partial charge on any atom is -0.368 e. The first kappa shape index (κ1) is 15.9. The van der Waals surface area contributed by atoms with E-state index in [1.807, 2.05) is 4.90 Å². The molecule has 0 atom stereocenters. The molecule has 0 radical (unpaired) electrons. The number of rotatable bonds is 2. The molecule has 2 aliphatic rings. The lowest BCUT2D eigenvalue weighted by atomic mass is 9.86. The number of hydrogen-bond acceptors (Lipinski definition) is 3. The molecule has 0 aromatic heterocycles. The number of carbonyl (C=O) groups excluding carboxylic acids is 1. The minimum atomic E-state index is -0.735. The fraction of sp³-hybridized carbons (Fsp3) is 0.579. The van der Waals surface area contributed by atoms with Crippen molar-refractivity contribution in [2.75, 3.05) is 31.1 Å². The molecule has 1 saturated carbocycles. The highest BCUT2D eigenvalue weighted by Gasteiger charge is 2.44. The number of amides is 1. The Bertz CT molecular complexity index is 633. The molecule has 1 heterocycles. The molecule has 0 bridgehead atoms. The molecule has 1 aromatic rings. The molecule has 1 aliphatic heterocycles. The van der Waals surface area contributed by atoms with E-state index in [0.29, 0.717) is 0 Å². The van der Waals surface area contributed by atoms with Crippen molar-refractivity contribution in [1.29, 1.82) is 5.26 Å². The standard InChI is InChI=1S/C19H25N3O/c1-15-6-5-7-17(16(15)2)21-10-12-22(13-11-21)18(23)19(14-20)8-3-4-9-19/h5-7H,3-4,8-13H2,1-2H3. The molecular formula is C19H25N3O. The van der Waals surface area contributed by atoms with Gasteiger partial charge in [0, 0.05) is 31.9 Å². The van der Waals surface area contributed by atoms with Gasteiger partial charge in [0.05, 0.1) is 6.07 Å². The Morgan fingerprint density at radius 1 is 1.13 bits per heavy atom. The third kappa shape index (κ3) is 2.81. The van der Waals surface area contributed by atoms with E-state index >= 15 is 0 Å². The molecule has 4 heteroatoms. The SMILES string of the molecule is Cc1cccc(N2CCN(C(=O)C3(C#N)CCCC3)CC2)c1C. The zero-order valence-electron chi connectivity index (χ0n) is 14.1. The highest BCUT2D eigenvalue weighted by atomic mass is 16.2. The lowest BCUT2D eigenvalue weighted by molar-refractivity contribution is -0.139. The van der Waals surface area contributed by atoms with Crippen LogP contribution in [0.5, 0.6) is 0 Å². The summed E-state index contributed by atoms with van der Waals surface area (Å²) in [5.74, 6) is 0.0677. The molecule has 3 rings (SSSR count).